The van der Waals surface area contributed by atoms with Gasteiger partial charge in [-0.3, -0.25) is 9.59 Å². The van der Waals surface area contributed by atoms with E-state index in [1.54, 1.807) is 46.2 Å². The van der Waals surface area contributed by atoms with Gasteiger partial charge in [-0.1, -0.05) is 29.8 Å². The van der Waals surface area contributed by atoms with Crippen molar-refractivity contribution in [2.45, 2.75) is 6.42 Å². The number of amides is 2. The summed E-state index contributed by atoms with van der Waals surface area (Å²) in [6.07, 6.45) is 0.163. The van der Waals surface area contributed by atoms with Gasteiger partial charge >= 0.3 is 0 Å². The number of rotatable bonds is 5. The second-order valence-electron chi connectivity index (χ2n) is 6.21. The van der Waals surface area contributed by atoms with Crippen LogP contribution in [-0.2, 0) is 4.79 Å². The van der Waals surface area contributed by atoms with Crippen LogP contribution in [-0.4, -0.2) is 54.4 Å². The molecule has 2 aromatic carbocycles. The molecule has 142 valence electrons. The standard InChI is InChI=1S/C20H20ClFN2O3/c21-16-5-3-4-15(14-16)20(26)24-11-9-23(10-12-24)19(25)8-13-27-18-7-2-1-6-17(18)22/h1-7,14H,8-13H2. The molecule has 27 heavy (non-hydrogen) atoms. The van der Waals surface area contributed by atoms with Gasteiger partial charge in [-0.2, -0.15) is 0 Å². The topological polar surface area (TPSA) is 49.9 Å². The number of nitrogens with zero attached hydrogens (tertiary/aromatic N) is 2. The highest BCUT2D eigenvalue weighted by molar-refractivity contribution is 6.30. The molecule has 0 atom stereocenters. The number of piperazine rings is 1. The van der Waals surface area contributed by atoms with Crippen molar-refractivity contribution in [3.8, 4) is 5.75 Å². The summed E-state index contributed by atoms with van der Waals surface area (Å²) in [5.74, 6) is -0.464. The third-order valence-electron chi connectivity index (χ3n) is 4.40. The maximum atomic E-state index is 13.5. The average Bonchev–Trinajstić information content (AvgIpc) is 2.69. The van der Waals surface area contributed by atoms with E-state index in [-0.39, 0.29) is 30.6 Å². The second kappa shape index (κ2) is 8.86. The van der Waals surface area contributed by atoms with Gasteiger partial charge in [0.05, 0.1) is 13.0 Å². The number of halogens is 2. The van der Waals surface area contributed by atoms with E-state index >= 15 is 0 Å². The molecule has 1 fully saturated rings. The van der Waals surface area contributed by atoms with Gasteiger partial charge in [0.15, 0.2) is 11.6 Å². The van der Waals surface area contributed by atoms with Crippen molar-refractivity contribution in [1.29, 1.82) is 0 Å². The van der Waals surface area contributed by atoms with Crippen LogP contribution in [0.25, 0.3) is 0 Å². The Morgan fingerprint density at radius 3 is 2.41 bits per heavy atom. The lowest BCUT2D eigenvalue weighted by Gasteiger charge is -2.35. The molecular formula is C20H20ClFN2O3. The van der Waals surface area contributed by atoms with Gasteiger partial charge in [0.1, 0.15) is 0 Å². The van der Waals surface area contributed by atoms with Crippen molar-refractivity contribution in [2.75, 3.05) is 32.8 Å². The Bertz CT molecular complexity index is 822. The summed E-state index contributed by atoms with van der Waals surface area (Å²) in [7, 11) is 0. The van der Waals surface area contributed by atoms with Gasteiger partial charge in [-0.05, 0) is 30.3 Å². The van der Waals surface area contributed by atoms with Gasteiger partial charge in [-0.25, -0.2) is 4.39 Å². The normalized spacial score (nSPS) is 14.1. The van der Waals surface area contributed by atoms with Crippen molar-refractivity contribution >= 4 is 23.4 Å². The number of hydrogen-bond donors (Lipinski definition) is 0. The summed E-state index contributed by atoms with van der Waals surface area (Å²) in [6.45, 7) is 1.97. The Labute approximate surface area is 162 Å². The van der Waals surface area contributed by atoms with Crippen LogP contribution in [0.5, 0.6) is 5.75 Å². The van der Waals surface area contributed by atoms with Crippen molar-refractivity contribution in [2.24, 2.45) is 0 Å². The summed E-state index contributed by atoms with van der Waals surface area (Å²) in [5.41, 5.74) is 0.542. The summed E-state index contributed by atoms with van der Waals surface area (Å²) in [6, 6.07) is 12.9. The first-order chi connectivity index (χ1) is 13.0. The number of hydrogen-bond acceptors (Lipinski definition) is 3. The summed E-state index contributed by atoms with van der Waals surface area (Å²) in [4.78, 5) is 28.2. The smallest absolute Gasteiger partial charge is 0.254 e. The van der Waals surface area contributed by atoms with Gasteiger partial charge in [0, 0.05) is 36.8 Å². The van der Waals surface area contributed by atoms with Gasteiger partial charge < -0.3 is 14.5 Å². The molecule has 0 bridgehead atoms. The molecule has 0 unspecified atom stereocenters. The summed E-state index contributed by atoms with van der Waals surface area (Å²) in [5, 5.41) is 0.518. The third-order valence-corrected chi connectivity index (χ3v) is 4.64. The molecule has 0 saturated carbocycles. The zero-order chi connectivity index (χ0) is 19.2. The molecule has 2 amide bonds. The molecule has 0 spiro atoms. The van der Waals surface area contributed by atoms with E-state index < -0.39 is 5.82 Å². The maximum Gasteiger partial charge on any atom is 0.254 e. The largest absolute Gasteiger partial charge is 0.490 e. The molecule has 0 radical (unpaired) electrons. The lowest BCUT2D eigenvalue weighted by molar-refractivity contribution is -0.133. The Morgan fingerprint density at radius 1 is 1.00 bits per heavy atom. The van der Waals surface area contributed by atoms with E-state index in [0.717, 1.165) is 0 Å². The number of carbonyl (C=O) groups is 2. The van der Waals surface area contributed by atoms with Crippen LogP contribution in [0, 0.1) is 5.82 Å². The summed E-state index contributed by atoms with van der Waals surface area (Å²) >= 11 is 5.94. The Balaban J connectivity index is 1.45. The van der Waals surface area contributed by atoms with E-state index in [4.69, 9.17) is 16.3 Å². The molecule has 1 aliphatic heterocycles. The first-order valence-electron chi connectivity index (χ1n) is 8.74. The predicted molar refractivity (Wildman–Crippen MR) is 100 cm³/mol. The fraction of sp³-hybridized carbons (Fsp3) is 0.300. The van der Waals surface area contributed by atoms with Crippen molar-refractivity contribution in [3.05, 3.63) is 64.9 Å². The average molecular weight is 391 g/mol. The molecule has 1 heterocycles. The maximum absolute atomic E-state index is 13.5. The highest BCUT2D eigenvalue weighted by Gasteiger charge is 2.24. The molecule has 2 aromatic rings. The lowest BCUT2D eigenvalue weighted by Crippen LogP contribution is -2.50. The molecular weight excluding hydrogens is 371 g/mol. The molecule has 0 aromatic heterocycles. The first-order valence-corrected chi connectivity index (χ1v) is 9.12. The lowest BCUT2D eigenvalue weighted by atomic mass is 10.2. The first kappa shape index (κ1) is 19.2. The van der Waals surface area contributed by atoms with Gasteiger partial charge in [0.25, 0.3) is 5.91 Å². The fourth-order valence-corrected chi connectivity index (χ4v) is 3.12. The fourth-order valence-electron chi connectivity index (χ4n) is 2.93. The van der Waals surface area contributed by atoms with E-state index in [2.05, 4.69) is 0 Å². The van der Waals surface area contributed by atoms with E-state index in [9.17, 15) is 14.0 Å². The number of carbonyl (C=O) groups excluding carboxylic acids is 2. The number of ether oxygens (including phenoxy) is 1. The highest BCUT2D eigenvalue weighted by Crippen LogP contribution is 2.16. The molecule has 3 rings (SSSR count). The van der Waals surface area contributed by atoms with Crippen LogP contribution in [0.3, 0.4) is 0 Å². The molecule has 1 aliphatic rings. The van der Waals surface area contributed by atoms with E-state index in [1.165, 1.54) is 12.1 Å². The SMILES string of the molecule is O=C(CCOc1ccccc1F)N1CCN(C(=O)c2cccc(Cl)c2)CC1. The second-order valence-corrected chi connectivity index (χ2v) is 6.65. The zero-order valence-electron chi connectivity index (χ0n) is 14.7. The summed E-state index contributed by atoms with van der Waals surface area (Å²) < 4.78 is 18.8. The minimum Gasteiger partial charge on any atom is -0.490 e. The van der Waals surface area contributed by atoms with Crippen molar-refractivity contribution in [3.63, 3.8) is 0 Å². The predicted octanol–water partition coefficient (Wildman–Crippen LogP) is 3.23. The monoisotopic (exact) mass is 390 g/mol. The number of benzene rings is 2. The molecule has 0 N–H and O–H groups in total. The van der Waals surface area contributed by atoms with E-state index in [1.807, 2.05) is 0 Å². The molecule has 1 saturated heterocycles. The minimum atomic E-state index is -0.446. The van der Waals surface area contributed by atoms with Crippen LogP contribution in [0.1, 0.15) is 16.8 Å². The van der Waals surface area contributed by atoms with Crippen LogP contribution in [0.4, 0.5) is 4.39 Å². The third kappa shape index (κ3) is 4.98. The minimum absolute atomic E-state index is 0.0683. The Kier molecular flexibility index (Phi) is 6.29. The quantitative estimate of drug-likeness (QED) is 0.787. The molecule has 7 heteroatoms. The Hall–Kier alpha value is -2.60. The van der Waals surface area contributed by atoms with Crippen molar-refractivity contribution in [1.82, 2.24) is 9.80 Å². The van der Waals surface area contributed by atoms with Crippen LogP contribution in [0.2, 0.25) is 5.02 Å². The zero-order valence-corrected chi connectivity index (χ0v) is 15.5. The van der Waals surface area contributed by atoms with Gasteiger partial charge in [-0.15, -0.1) is 0 Å². The molecule has 0 aliphatic carbocycles. The van der Waals surface area contributed by atoms with Crippen molar-refractivity contribution < 1.29 is 18.7 Å². The van der Waals surface area contributed by atoms with Gasteiger partial charge in [0.2, 0.25) is 5.91 Å². The van der Waals surface area contributed by atoms with Crippen LogP contribution in [0.15, 0.2) is 48.5 Å². The Morgan fingerprint density at radius 2 is 1.70 bits per heavy atom. The molecule has 5 nitrogen and oxygen atoms in total. The highest BCUT2D eigenvalue weighted by atomic mass is 35.5. The van der Waals surface area contributed by atoms with Crippen LogP contribution >= 0.6 is 11.6 Å². The van der Waals surface area contributed by atoms with Crippen LogP contribution < -0.4 is 4.74 Å². The number of para-hydroxylation sites is 1. The van der Waals surface area contributed by atoms with E-state index in [0.29, 0.717) is 36.8 Å².